The number of thiol groups is 1. The molecular weight excluding hydrogens is 220 g/mol. The van der Waals surface area contributed by atoms with Gasteiger partial charge in [0.25, 0.3) is 0 Å². The van der Waals surface area contributed by atoms with E-state index in [1.54, 1.807) is 19.2 Å². The van der Waals surface area contributed by atoms with Crippen molar-refractivity contribution in [2.24, 2.45) is 0 Å². The molecule has 0 radical (unpaired) electrons. The summed E-state index contributed by atoms with van der Waals surface area (Å²) in [5.41, 5.74) is 1.08. The van der Waals surface area contributed by atoms with Crippen molar-refractivity contribution in [3.05, 3.63) is 23.3 Å². The van der Waals surface area contributed by atoms with Gasteiger partial charge >= 0.3 is 5.97 Å². The Morgan fingerprint density at radius 1 is 1.64 bits per heavy atom. The standard InChI is InChI=1S/C9H8O3S2/c1-12-4-2-5-7(8(10)11)6(3-4)14-9(5)13/h2-3,9,13H,1H3,(H,10,11). The van der Waals surface area contributed by atoms with Crippen molar-refractivity contribution in [2.75, 3.05) is 7.11 Å². The van der Waals surface area contributed by atoms with E-state index in [4.69, 9.17) is 9.84 Å². The van der Waals surface area contributed by atoms with Crippen molar-refractivity contribution in [1.29, 1.82) is 0 Å². The van der Waals surface area contributed by atoms with Gasteiger partial charge in [-0.05, 0) is 17.7 Å². The fraction of sp³-hybridized carbons (Fsp3) is 0.222. The summed E-state index contributed by atoms with van der Waals surface area (Å²) in [6.07, 6.45) is 0. The molecule has 14 heavy (non-hydrogen) atoms. The predicted octanol–water partition coefficient (Wildman–Crippen LogP) is 2.43. The summed E-state index contributed by atoms with van der Waals surface area (Å²) < 4.78 is 4.96. The molecule has 0 saturated carbocycles. The van der Waals surface area contributed by atoms with Crippen LogP contribution in [0.1, 0.15) is 20.5 Å². The summed E-state index contributed by atoms with van der Waals surface area (Å²) in [7, 11) is 1.56. The number of aromatic carboxylic acids is 1. The average molecular weight is 228 g/mol. The van der Waals surface area contributed by atoms with Gasteiger partial charge in [-0.3, -0.25) is 0 Å². The summed E-state index contributed by atoms with van der Waals surface area (Å²) in [4.78, 5) is 11.7. The van der Waals surface area contributed by atoms with Gasteiger partial charge in [0.15, 0.2) is 0 Å². The lowest BCUT2D eigenvalue weighted by Crippen LogP contribution is -2.00. The fourth-order valence-corrected chi connectivity index (χ4v) is 3.03. The van der Waals surface area contributed by atoms with E-state index in [0.29, 0.717) is 11.3 Å². The van der Waals surface area contributed by atoms with Crippen molar-refractivity contribution < 1.29 is 14.6 Å². The van der Waals surface area contributed by atoms with Crippen LogP contribution in [0.3, 0.4) is 0 Å². The van der Waals surface area contributed by atoms with E-state index in [2.05, 4.69) is 12.6 Å². The summed E-state index contributed by atoms with van der Waals surface area (Å²) in [5, 5.41) is 8.98. The van der Waals surface area contributed by atoms with Gasteiger partial charge in [-0.25, -0.2) is 4.79 Å². The number of carboxylic acids is 1. The molecule has 0 aliphatic carbocycles. The molecule has 2 bridgehead atoms. The van der Waals surface area contributed by atoms with Crippen LogP contribution < -0.4 is 4.74 Å². The van der Waals surface area contributed by atoms with Gasteiger partial charge in [0.2, 0.25) is 0 Å². The third kappa shape index (κ3) is 1.36. The molecule has 1 aromatic carbocycles. The van der Waals surface area contributed by atoms with Gasteiger partial charge in [0.05, 0.1) is 17.3 Å². The van der Waals surface area contributed by atoms with Gasteiger partial charge in [0.1, 0.15) is 5.75 Å². The monoisotopic (exact) mass is 228 g/mol. The van der Waals surface area contributed by atoms with Crippen LogP contribution in [0, 0.1) is 0 Å². The number of carbonyl (C=O) groups is 1. The van der Waals surface area contributed by atoms with Crippen molar-refractivity contribution >= 4 is 30.4 Å². The molecule has 1 heterocycles. The van der Waals surface area contributed by atoms with E-state index in [9.17, 15) is 4.79 Å². The molecule has 0 amide bonds. The van der Waals surface area contributed by atoms with E-state index < -0.39 is 5.97 Å². The minimum absolute atomic E-state index is 0.0972. The zero-order valence-corrected chi connectivity index (χ0v) is 9.06. The number of hydrogen-bond donors (Lipinski definition) is 2. The molecule has 0 fully saturated rings. The Morgan fingerprint density at radius 3 is 2.86 bits per heavy atom. The largest absolute Gasteiger partial charge is 0.497 e. The first-order chi connectivity index (χ1) is 6.63. The Hall–Kier alpha value is -0.810. The maximum Gasteiger partial charge on any atom is 0.337 e. The van der Waals surface area contributed by atoms with E-state index in [0.717, 1.165) is 10.5 Å². The van der Waals surface area contributed by atoms with Gasteiger partial charge in [-0.2, -0.15) is 12.6 Å². The number of thioether (sulfide) groups is 1. The van der Waals surface area contributed by atoms with Crippen molar-refractivity contribution in [1.82, 2.24) is 0 Å². The minimum atomic E-state index is -0.901. The van der Waals surface area contributed by atoms with Crippen LogP contribution in [-0.4, -0.2) is 18.2 Å². The Bertz CT molecular complexity index is 403. The van der Waals surface area contributed by atoms with Crippen LogP contribution in [0.15, 0.2) is 17.0 Å². The third-order valence-corrected chi connectivity index (χ3v) is 3.71. The number of fused-ring (bicyclic) bond motifs is 2. The lowest BCUT2D eigenvalue weighted by atomic mass is 10.1. The average Bonchev–Trinajstić information content (AvgIpc) is 2.34. The van der Waals surface area contributed by atoms with Crippen LogP contribution in [0.4, 0.5) is 0 Å². The quantitative estimate of drug-likeness (QED) is 0.763. The molecular formula is C9H8O3S2. The number of ether oxygens (including phenoxy) is 1. The molecule has 1 N–H and O–H groups in total. The number of methoxy groups -OCH3 is 1. The molecule has 74 valence electrons. The maximum absolute atomic E-state index is 10.9. The Morgan fingerprint density at radius 2 is 2.36 bits per heavy atom. The molecule has 1 unspecified atom stereocenters. The van der Waals surface area contributed by atoms with Crippen LogP contribution in [0.5, 0.6) is 5.75 Å². The number of carboxylic acid groups (broad SMARTS) is 1. The van der Waals surface area contributed by atoms with Crippen LogP contribution in [-0.2, 0) is 0 Å². The molecule has 0 saturated heterocycles. The first-order valence-corrected chi connectivity index (χ1v) is 5.33. The highest BCUT2D eigenvalue weighted by molar-refractivity contribution is 8.10. The Labute approximate surface area is 90.9 Å². The Balaban J connectivity index is 2.60. The molecule has 1 aliphatic rings. The third-order valence-electron chi connectivity index (χ3n) is 2.06. The summed E-state index contributed by atoms with van der Waals surface area (Å²) in [5.74, 6) is -0.217. The lowest BCUT2D eigenvalue weighted by molar-refractivity contribution is 0.0692. The topological polar surface area (TPSA) is 46.5 Å². The number of rotatable bonds is 2. The van der Waals surface area contributed by atoms with E-state index in [-0.39, 0.29) is 4.58 Å². The zero-order chi connectivity index (χ0) is 10.3. The molecule has 0 spiro atoms. The SMILES string of the molecule is COc1cc2c(C(=O)O)c(c1)C(S)S2. The predicted molar refractivity (Wildman–Crippen MR) is 57.5 cm³/mol. The van der Waals surface area contributed by atoms with Crippen LogP contribution in [0.25, 0.3) is 0 Å². The second-order valence-corrected chi connectivity index (χ2v) is 4.88. The van der Waals surface area contributed by atoms with Crippen molar-refractivity contribution in [2.45, 2.75) is 9.48 Å². The van der Waals surface area contributed by atoms with E-state index in [1.807, 2.05) is 0 Å². The second-order valence-electron chi connectivity index (χ2n) is 2.87. The first kappa shape index (κ1) is 9.73. The molecule has 5 heteroatoms. The summed E-state index contributed by atoms with van der Waals surface area (Å²) in [6, 6.07) is 3.46. The summed E-state index contributed by atoms with van der Waals surface area (Å²) >= 11 is 5.73. The fourth-order valence-electron chi connectivity index (χ4n) is 1.43. The maximum atomic E-state index is 10.9. The number of hydrogen-bond acceptors (Lipinski definition) is 4. The van der Waals surface area contributed by atoms with Gasteiger partial charge in [0, 0.05) is 4.90 Å². The highest BCUT2D eigenvalue weighted by atomic mass is 32.2. The molecule has 0 aromatic heterocycles. The van der Waals surface area contributed by atoms with Gasteiger partial charge in [-0.15, -0.1) is 11.8 Å². The molecule has 1 aliphatic heterocycles. The number of benzene rings is 1. The van der Waals surface area contributed by atoms with E-state index >= 15 is 0 Å². The second kappa shape index (κ2) is 3.40. The van der Waals surface area contributed by atoms with Crippen molar-refractivity contribution in [3.8, 4) is 5.75 Å². The lowest BCUT2D eigenvalue weighted by Gasteiger charge is -2.03. The summed E-state index contributed by atoms with van der Waals surface area (Å²) in [6.45, 7) is 0. The molecule has 3 nitrogen and oxygen atoms in total. The zero-order valence-electron chi connectivity index (χ0n) is 7.35. The van der Waals surface area contributed by atoms with Gasteiger partial charge < -0.3 is 9.84 Å². The minimum Gasteiger partial charge on any atom is -0.497 e. The van der Waals surface area contributed by atoms with E-state index in [1.165, 1.54) is 11.8 Å². The highest BCUT2D eigenvalue weighted by Crippen LogP contribution is 2.50. The highest BCUT2D eigenvalue weighted by Gasteiger charge is 2.29. The first-order valence-electron chi connectivity index (χ1n) is 3.93. The molecule has 2 rings (SSSR count). The molecule has 1 atom stereocenters. The van der Waals surface area contributed by atoms with Crippen LogP contribution >= 0.6 is 24.4 Å². The normalized spacial score (nSPS) is 18.3. The van der Waals surface area contributed by atoms with Crippen molar-refractivity contribution in [3.63, 3.8) is 0 Å². The smallest absolute Gasteiger partial charge is 0.337 e. The van der Waals surface area contributed by atoms with Crippen LogP contribution in [0.2, 0.25) is 0 Å². The van der Waals surface area contributed by atoms with Gasteiger partial charge in [-0.1, -0.05) is 0 Å². The Kier molecular flexibility index (Phi) is 2.36. The molecule has 1 aromatic rings.